The molecule has 0 spiro atoms. The van der Waals surface area contributed by atoms with E-state index in [-0.39, 0.29) is 36.1 Å². The van der Waals surface area contributed by atoms with Gasteiger partial charge in [-0.05, 0) is 44.7 Å². The SMILES string of the molecule is Cc1ccc(S(=O)(=O)NCC(=O)N(CC(=O)NC[C@@H]2CCCO2)C[C@@H]2CCCO2)cc1. The van der Waals surface area contributed by atoms with Crippen molar-refractivity contribution in [3.05, 3.63) is 29.8 Å². The first kappa shape index (κ1) is 23.6. The molecule has 2 atom stereocenters. The van der Waals surface area contributed by atoms with Crippen molar-refractivity contribution in [3.8, 4) is 0 Å². The van der Waals surface area contributed by atoms with E-state index in [2.05, 4.69) is 10.0 Å². The van der Waals surface area contributed by atoms with Crippen LogP contribution >= 0.6 is 0 Å². The summed E-state index contributed by atoms with van der Waals surface area (Å²) in [6, 6.07) is 6.37. The lowest BCUT2D eigenvalue weighted by molar-refractivity contribution is -0.136. The molecule has 1 aromatic rings. The predicted molar refractivity (Wildman–Crippen MR) is 114 cm³/mol. The van der Waals surface area contributed by atoms with E-state index in [9.17, 15) is 18.0 Å². The number of carbonyl (C=O) groups excluding carboxylic acids is 2. The van der Waals surface area contributed by atoms with Crippen LogP contribution in [-0.4, -0.2) is 76.7 Å². The zero-order chi connectivity index (χ0) is 22.3. The first-order valence-electron chi connectivity index (χ1n) is 10.7. The van der Waals surface area contributed by atoms with Gasteiger partial charge in [0.25, 0.3) is 0 Å². The highest BCUT2D eigenvalue weighted by Crippen LogP contribution is 2.14. The summed E-state index contributed by atoms with van der Waals surface area (Å²) >= 11 is 0. The number of nitrogens with one attached hydrogen (secondary N) is 2. The van der Waals surface area contributed by atoms with E-state index in [1.165, 1.54) is 17.0 Å². The van der Waals surface area contributed by atoms with E-state index in [1.54, 1.807) is 12.1 Å². The Bertz CT molecular complexity index is 846. The zero-order valence-electron chi connectivity index (χ0n) is 17.8. The molecular formula is C21H31N3O6S. The Hall–Kier alpha value is -2.01. The third-order valence-corrected chi connectivity index (χ3v) is 6.85. The number of benzene rings is 1. The van der Waals surface area contributed by atoms with Crippen LogP contribution < -0.4 is 10.0 Å². The van der Waals surface area contributed by atoms with Gasteiger partial charge in [-0.1, -0.05) is 17.7 Å². The maximum absolute atomic E-state index is 12.8. The molecule has 1 aromatic carbocycles. The second-order valence-electron chi connectivity index (χ2n) is 7.99. The maximum atomic E-state index is 12.8. The minimum Gasteiger partial charge on any atom is -0.376 e. The van der Waals surface area contributed by atoms with Crippen molar-refractivity contribution >= 4 is 21.8 Å². The Morgan fingerprint density at radius 3 is 2.32 bits per heavy atom. The fourth-order valence-electron chi connectivity index (χ4n) is 3.62. The highest BCUT2D eigenvalue weighted by molar-refractivity contribution is 7.89. The van der Waals surface area contributed by atoms with Gasteiger partial charge in [-0.25, -0.2) is 13.1 Å². The van der Waals surface area contributed by atoms with Gasteiger partial charge in [0.05, 0.1) is 30.2 Å². The molecule has 0 aliphatic carbocycles. The number of nitrogens with zero attached hydrogens (tertiary/aromatic N) is 1. The van der Waals surface area contributed by atoms with Crippen LogP contribution in [0.15, 0.2) is 29.2 Å². The second-order valence-corrected chi connectivity index (χ2v) is 9.75. The highest BCUT2D eigenvalue weighted by Gasteiger charge is 2.26. The summed E-state index contributed by atoms with van der Waals surface area (Å²) in [7, 11) is -3.83. The molecule has 2 amide bonds. The summed E-state index contributed by atoms with van der Waals surface area (Å²) in [6.45, 7) is 3.25. The third kappa shape index (κ3) is 7.27. The quantitative estimate of drug-likeness (QED) is 0.536. The van der Waals surface area contributed by atoms with Gasteiger partial charge in [0, 0.05) is 26.3 Å². The van der Waals surface area contributed by atoms with Gasteiger partial charge in [-0.15, -0.1) is 0 Å². The lowest BCUT2D eigenvalue weighted by Gasteiger charge is -2.25. The van der Waals surface area contributed by atoms with Crippen molar-refractivity contribution in [2.75, 3.05) is 39.4 Å². The summed E-state index contributed by atoms with van der Waals surface area (Å²) in [6.07, 6.45) is 3.44. The number of rotatable bonds is 10. The van der Waals surface area contributed by atoms with Gasteiger partial charge in [0.1, 0.15) is 0 Å². The molecule has 2 fully saturated rings. The highest BCUT2D eigenvalue weighted by atomic mass is 32.2. The van der Waals surface area contributed by atoms with Crippen LogP contribution in [0.5, 0.6) is 0 Å². The molecule has 0 bridgehead atoms. The zero-order valence-corrected chi connectivity index (χ0v) is 18.7. The molecule has 2 N–H and O–H groups in total. The third-order valence-electron chi connectivity index (χ3n) is 5.43. The molecule has 2 heterocycles. The van der Waals surface area contributed by atoms with Crippen LogP contribution in [0.25, 0.3) is 0 Å². The van der Waals surface area contributed by atoms with Crippen molar-refractivity contribution in [1.29, 1.82) is 0 Å². The average Bonchev–Trinajstić information content (AvgIpc) is 3.44. The molecule has 0 radical (unpaired) electrons. The Balaban J connectivity index is 1.56. The fraction of sp³-hybridized carbons (Fsp3) is 0.619. The molecule has 3 rings (SSSR count). The average molecular weight is 454 g/mol. The lowest BCUT2D eigenvalue weighted by Crippen LogP contribution is -2.48. The Kier molecular flexibility index (Phi) is 8.42. The summed E-state index contributed by atoms with van der Waals surface area (Å²) in [4.78, 5) is 26.6. The second kappa shape index (κ2) is 11.0. The van der Waals surface area contributed by atoms with Gasteiger partial charge in [0.2, 0.25) is 21.8 Å². The Morgan fingerprint density at radius 1 is 1.06 bits per heavy atom. The standard InChI is InChI=1S/C21H31N3O6S/c1-16-6-8-19(9-7-16)31(27,28)23-13-21(26)24(14-18-5-3-11-30-18)15-20(25)22-12-17-4-2-10-29-17/h6-9,17-18,23H,2-5,10-15H2,1H3,(H,22,25)/t17-,18-/m0/s1. The van der Waals surface area contributed by atoms with Crippen LogP contribution in [0.2, 0.25) is 0 Å². The molecule has 31 heavy (non-hydrogen) atoms. The molecule has 2 aliphatic heterocycles. The van der Waals surface area contributed by atoms with Crippen LogP contribution in [0.4, 0.5) is 0 Å². The summed E-state index contributed by atoms with van der Waals surface area (Å²) in [5, 5.41) is 2.80. The van der Waals surface area contributed by atoms with Gasteiger partial charge >= 0.3 is 0 Å². The minimum atomic E-state index is -3.83. The van der Waals surface area contributed by atoms with Crippen LogP contribution in [0.3, 0.4) is 0 Å². The maximum Gasteiger partial charge on any atom is 0.241 e. The van der Waals surface area contributed by atoms with E-state index in [0.717, 1.165) is 31.2 Å². The van der Waals surface area contributed by atoms with Gasteiger partial charge in [-0.3, -0.25) is 9.59 Å². The van der Waals surface area contributed by atoms with Crippen LogP contribution in [0.1, 0.15) is 31.2 Å². The number of amides is 2. The van der Waals surface area contributed by atoms with Gasteiger partial charge in [-0.2, -0.15) is 0 Å². The topological polar surface area (TPSA) is 114 Å². The van der Waals surface area contributed by atoms with Crippen molar-refractivity contribution < 1.29 is 27.5 Å². The molecule has 9 nitrogen and oxygen atoms in total. The van der Waals surface area contributed by atoms with E-state index in [0.29, 0.717) is 19.8 Å². The molecule has 172 valence electrons. The molecule has 0 unspecified atom stereocenters. The number of hydrogen-bond donors (Lipinski definition) is 2. The monoisotopic (exact) mass is 453 g/mol. The molecule has 0 aromatic heterocycles. The number of sulfonamides is 1. The first-order chi connectivity index (χ1) is 14.8. The smallest absolute Gasteiger partial charge is 0.241 e. The van der Waals surface area contributed by atoms with E-state index < -0.39 is 22.5 Å². The summed E-state index contributed by atoms with van der Waals surface area (Å²) in [5.74, 6) is -0.776. The van der Waals surface area contributed by atoms with E-state index in [4.69, 9.17) is 9.47 Å². The number of carbonyl (C=O) groups is 2. The van der Waals surface area contributed by atoms with Crippen molar-refractivity contribution in [2.24, 2.45) is 0 Å². The lowest BCUT2D eigenvalue weighted by atomic mass is 10.2. The minimum absolute atomic E-state index is 0.00702. The number of hydrogen-bond acceptors (Lipinski definition) is 6. The van der Waals surface area contributed by atoms with Crippen molar-refractivity contribution in [1.82, 2.24) is 14.9 Å². The Labute approximate surface area is 183 Å². The fourth-order valence-corrected chi connectivity index (χ4v) is 4.59. The van der Waals surface area contributed by atoms with Crippen molar-refractivity contribution in [2.45, 2.75) is 49.7 Å². The van der Waals surface area contributed by atoms with Crippen molar-refractivity contribution in [3.63, 3.8) is 0 Å². The molecular weight excluding hydrogens is 422 g/mol. The van der Waals surface area contributed by atoms with Gasteiger partial charge < -0.3 is 19.7 Å². The van der Waals surface area contributed by atoms with E-state index in [1.807, 2.05) is 6.92 Å². The number of ether oxygens (including phenoxy) is 2. The molecule has 0 saturated carbocycles. The van der Waals surface area contributed by atoms with Crippen LogP contribution in [-0.2, 0) is 29.1 Å². The molecule has 2 saturated heterocycles. The predicted octanol–water partition coefficient (Wildman–Crippen LogP) is 0.576. The number of aryl methyl sites for hydroxylation is 1. The normalized spacial score (nSPS) is 21.2. The van der Waals surface area contributed by atoms with Gasteiger partial charge in [0.15, 0.2) is 0 Å². The molecule has 2 aliphatic rings. The largest absolute Gasteiger partial charge is 0.376 e. The summed E-state index contributed by atoms with van der Waals surface area (Å²) < 4.78 is 38.4. The van der Waals surface area contributed by atoms with E-state index >= 15 is 0 Å². The van der Waals surface area contributed by atoms with Crippen LogP contribution in [0, 0.1) is 6.92 Å². The first-order valence-corrected chi connectivity index (χ1v) is 12.2. The summed E-state index contributed by atoms with van der Waals surface area (Å²) in [5.41, 5.74) is 0.937. The Morgan fingerprint density at radius 2 is 1.71 bits per heavy atom. The molecule has 10 heteroatoms.